The van der Waals surface area contributed by atoms with Crippen LogP contribution in [-0.4, -0.2) is 24.3 Å². The van der Waals surface area contributed by atoms with Gasteiger partial charge in [0, 0.05) is 5.56 Å². The summed E-state index contributed by atoms with van der Waals surface area (Å²) in [5.41, 5.74) is 0.822. The molecule has 24 heavy (non-hydrogen) atoms. The lowest BCUT2D eigenvalue weighted by atomic mass is 10.0. The Hall–Kier alpha value is -2.47. The number of hydrogen-bond acceptors (Lipinski definition) is 5. The second-order valence-electron chi connectivity index (χ2n) is 5.12. The van der Waals surface area contributed by atoms with Gasteiger partial charge in [0.05, 0.1) is 18.1 Å². The molecule has 0 spiro atoms. The standard InChI is InChI=1S/C18H18N2O3S/c1-3-22-12-7-5-11-6-8-15(23-4-2)14(13(11)9-12)10-16-17(21)20-18(19)24-16/h5-10H,3-4H2,1-2H3,(H2,19,20,21)/b16-10+. The summed E-state index contributed by atoms with van der Waals surface area (Å²) in [4.78, 5) is 12.4. The van der Waals surface area contributed by atoms with Crippen molar-refractivity contribution >= 4 is 39.7 Å². The van der Waals surface area contributed by atoms with Gasteiger partial charge in [-0.25, -0.2) is 0 Å². The summed E-state index contributed by atoms with van der Waals surface area (Å²) < 4.78 is 11.3. The minimum absolute atomic E-state index is 0.138. The van der Waals surface area contributed by atoms with Gasteiger partial charge in [0.25, 0.3) is 5.91 Å². The minimum Gasteiger partial charge on any atom is -0.494 e. The molecule has 1 fully saturated rings. The van der Waals surface area contributed by atoms with E-state index < -0.39 is 0 Å². The van der Waals surface area contributed by atoms with Crippen LogP contribution in [-0.2, 0) is 4.79 Å². The number of hydrogen-bond donors (Lipinski definition) is 2. The van der Waals surface area contributed by atoms with E-state index >= 15 is 0 Å². The highest BCUT2D eigenvalue weighted by molar-refractivity contribution is 8.18. The van der Waals surface area contributed by atoms with Gasteiger partial charge in [-0.15, -0.1) is 0 Å². The molecule has 6 heteroatoms. The van der Waals surface area contributed by atoms with Crippen LogP contribution in [0.5, 0.6) is 11.5 Å². The summed E-state index contributed by atoms with van der Waals surface area (Å²) in [6.45, 7) is 4.98. The number of amides is 1. The first kappa shape index (κ1) is 16.4. The SMILES string of the molecule is CCOc1ccc2ccc(OCC)c(/C=C3/SC(=N)NC3=O)c2c1. The molecule has 0 aromatic heterocycles. The third-order valence-corrected chi connectivity index (χ3v) is 4.37. The number of carbonyl (C=O) groups is 1. The lowest BCUT2D eigenvalue weighted by Crippen LogP contribution is -2.18. The zero-order valence-electron chi connectivity index (χ0n) is 13.5. The molecule has 3 rings (SSSR count). The van der Waals surface area contributed by atoms with Gasteiger partial charge in [-0.1, -0.05) is 12.1 Å². The quantitative estimate of drug-likeness (QED) is 0.811. The van der Waals surface area contributed by atoms with E-state index in [4.69, 9.17) is 14.9 Å². The third-order valence-electron chi connectivity index (χ3n) is 3.54. The number of thioether (sulfide) groups is 1. The smallest absolute Gasteiger partial charge is 0.264 e. The number of ether oxygens (including phenoxy) is 2. The van der Waals surface area contributed by atoms with Crippen LogP contribution >= 0.6 is 11.8 Å². The average Bonchev–Trinajstić information content (AvgIpc) is 2.88. The monoisotopic (exact) mass is 342 g/mol. The Labute approximate surface area is 144 Å². The van der Waals surface area contributed by atoms with Crippen molar-refractivity contribution in [2.45, 2.75) is 13.8 Å². The Kier molecular flexibility index (Phi) is 4.76. The van der Waals surface area contributed by atoms with Crippen molar-refractivity contribution in [1.29, 1.82) is 5.41 Å². The van der Waals surface area contributed by atoms with Gasteiger partial charge >= 0.3 is 0 Å². The molecule has 124 valence electrons. The van der Waals surface area contributed by atoms with Crippen LogP contribution in [0.2, 0.25) is 0 Å². The van der Waals surface area contributed by atoms with Crippen molar-refractivity contribution in [3.63, 3.8) is 0 Å². The minimum atomic E-state index is -0.259. The maximum Gasteiger partial charge on any atom is 0.264 e. The molecule has 5 nitrogen and oxygen atoms in total. The van der Waals surface area contributed by atoms with Crippen LogP contribution in [0.25, 0.3) is 16.8 Å². The summed E-state index contributed by atoms with van der Waals surface area (Å²) in [5, 5.41) is 12.2. The van der Waals surface area contributed by atoms with Crippen LogP contribution in [0.4, 0.5) is 0 Å². The lowest BCUT2D eigenvalue weighted by molar-refractivity contribution is -0.115. The molecule has 1 amide bonds. The molecule has 0 bridgehead atoms. The van der Waals surface area contributed by atoms with Crippen LogP contribution < -0.4 is 14.8 Å². The maximum absolute atomic E-state index is 12.0. The highest BCUT2D eigenvalue weighted by atomic mass is 32.2. The molecule has 1 saturated heterocycles. The molecule has 0 saturated carbocycles. The van der Waals surface area contributed by atoms with Gasteiger partial charge in [0.1, 0.15) is 11.5 Å². The van der Waals surface area contributed by atoms with Crippen molar-refractivity contribution in [1.82, 2.24) is 5.32 Å². The number of amidine groups is 1. The highest BCUT2D eigenvalue weighted by Gasteiger charge is 2.23. The van der Waals surface area contributed by atoms with E-state index in [2.05, 4.69) is 5.32 Å². The van der Waals surface area contributed by atoms with Crippen molar-refractivity contribution < 1.29 is 14.3 Å². The molecule has 0 atom stereocenters. The second kappa shape index (κ2) is 6.97. The van der Waals surface area contributed by atoms with Crippen LogP contribution in [0.3, 0.4) is 0 Å². The van der Waals surface area contributed by atoms with E-state index in [1.807, 2.05) is 44.2 Å². The molecular formula is C18H18N2O3S. The number of benzene rings is 2. The summed E-state index contributed by atoms with van der Waals surface area (Å²) in [5.74, 6) is 1.22. The zero-order valence-corrected chi connectivity index (χ0v) is 14.3. The molecule has 1 aliphatic rings. The fraction of sp³-hybridized carbons (Fsp3) is 0.222. The first-order valence-electron chi connectivity index (χ1n) is 7.74. The van der Waals surface area contributed by atoms with Gasteiger partial charge in [0.15, 0.2) is 5.17 Å². The zero-order chi connectivity index (χ0) is 17.1. The Morgan fingerprint density at radius 1 is 1.17 bits per heavy atom. The molecule has 2 aromatic carbocycles. The van der Waals surface area contributed by atoms with Crippen molar-refractivity contribution in [3.8, 4) is 11.5 Å². The molecule has 1 heterocycles. The first-order chi connectivity index (χ1) is 11.6. The largest absolute Gasteiger partial charge is 0.494 e. The van der Waals surface area contributed by atoms with Crippen LogP contribution in [0.15, 0.2) is 35.2 Å². The fourth-order valence-corrected chi connectivity index (χ4v) is 3.25. The molecule has 2 aromatic rings. The van der Waals surface area contributed by atoms with E-state index in [9.17, 15) is 4.79 Å². The Bertz CT molecular complexity index is 840. The predicted octanol–water partition coefficient (Wildman–Crippen LogP) is 3.78. The molecule has 0 aliphatic carbocycles. The molecule has 2 N–H and O–H groups in total. The predicted molar refractivity (Wildman–Crippen MR) is 97.7 cm³/mol. The summed E-state index contributed by atoms with van der Waals surface area (Å²) in [7, 11) is 0. The normalized spacial score (nSPS) is 15.8. The van der Waals surface area contributed by atoms with E-state index in [-0.39, 0.29) is 11.1 Å². The maximum atomic E-state index is 12.0. The van der Waals surface area contributed by atoms with Gasteiger partial charge in [-0.05, 0) is 60.7 Å². The van der Waals surface area contributed by atoms with E-state index in [0.717, 1.165) is 33.8 Å². The molecule has 0 unspecified atom stereocenters. The van der Waals surface area contributed by atoms with Crippen molar-refractivity contribution in [3.05, 3.63) is 40.8 Å². The van der Waals surface area contributed by atoms with Gasteiger partial charge in [0.2, 0.25) is 0 Å². The fourth-order valence-electron chi connectivity index (χ4n) is 2.56. The van der Waals surface area contributed by atoms with Gasteiger partial charge < -0.3 is 14.8 Å². The average molecular weight is 342 g/mol. The van der Waals surface area contributed by atoms with E-state index in [1.54, 1.807) is 6.08 Å². The van der Waals surface area contributed by atoms with Crippen molar-refractivity contribution in [2.24, 2.45) is 0 Å². The van der Waals surface area contributed by atoms with Crippen molar-refractivity contribution in [2.75, 3.05) is 13.2 Å². The number of rotatable bonds is 5. The van der Waals surface area contributed by atoms with E-state index in [0.29, 0.717) is 23.9 Å². The van der Waals surface area contributed by atoms with Gasteiger partial charge in [-0.2, -0.15) is 0 Å². The Morgan fingerprint density at radius 2 is 1.92 bits per heavy atom. The Morgan fingerprint density at radius 3 is 2.58 bits per heavy atom. The first-order valence-corrected chi connectivity index (χ1v) is 8.55. The van der Waals surface area contributed by atoms with Crippen LogP contribution in [0.1, 0.15) is 19.4 Å². The molecular weight excluding hydrogens is 324 g/mol. The number of carbonyl (C=O) groups excluding carboxylic acids is 1. The van der Waals surface area contributed by atoms with Crippen LogP contribution in [0, 0.1) is 5.41 Å². The summed E-state index contributed by atoms with van der Waals surface area (Å²) in [6, 6.07) is 9.76. The third kappa shape index (κ3) is 3.23. The highest BCUT2D eigenvalue weighted by Crippen LogP contribution is 2.35. The lowest BCUT2D eigenvalue weighted by Gasteiger charge is -2.12. The topological polar surface area (TPSA) is 71.4 Å². The summed E-state index contributed by atoms with van der Waals surface area (Å²) >= 11 is 1.12. The number of fused-ring (bicyclic) bond motifs is 1. The molecule has 0 radical (unpaired) electrons. The molecule has 1 aliphatic heterocycles. The van der Waals surface area contributed by atoms with E-state index in [1.165, 1.54) is 0 Å². The Balaban J connectivity index is 2.19. The summed E-state index contributed by atoms with van der Waals surface area (Å²) in [6.07, 6.45) is 1.78. The van der Waals surface area contributed by atoms with Gasteiger partial charge in [-0.3, -0.25) is 10.2 Å². The second-order valence-corrected chi connectivity index (χ2v) is 6.17. The number of nitrogens with one attached hydrogen (secondary N) is 2.